The summed E-state index contributed by atoms with van der Waals surface area (Å²) < 4.78 is 17.1. The van der Waals surface area contributed by atoms with E-state index < -0.39 is 48.8 Å². The van der Waals surface area contributed by atoms with E-state index in [1.165, 1.54) is 0 Å². The number of aromatic nitrogens is 2. The van der Waals surface area contributed by atoms with Crippen molar-refractivity contribution in [2.75, 3.05) is 26.4 Å². The fourth-order valence-electron chi connectivity index (χ4n) is 4.65. The largest absolute Gasteiger partial charge is 0.493 e. The first kappa shape index (κ1) is 34.2. The van der Waals surface area contributed by atoms with E-state index in [-0.39, 0.29) is 43.9 Å². The Hall–Kier alpha value is -3.27. The summed E-state index contributed by atoms with van der Waals surface area (Å²) in [5.41, 5.74) is 2.21. The van der Waals surface area contributed by atoms with E-state index >= 15 is 0 Å². The molecule has 2 amide bonds. The topological polar surface area (TPSA) is 216 Å². The zero-order chi connectivity index (χ0) is 31.9. The second-order valence-corrected chi connectivity index (χ2v) is 11.4. The molecular formula is C29H44N4O10. The van der Waals surface area contributed by atoms with Crippen LogP contribution in [-0.4, -0.2) is 110 Å². The Morgan fingerprint density at radius 2 is 1.86 bits per heavy atom. The fraction of sp³-hybridized carbons (Fsp3) is 0.621. The van der Waals surface area contributed by atoms with Crippen LogP contribution in [0, 0.1) is 6.92 Å². The van der Waals surface area contributed by atoms with Crippen molar-refractivity contribution in [2.24, 2.45) is 0 Å². The number of ether oxygens (including phenoxy) is 3. The lowest BCUT2D eigenvalue weighted by molar-refractivity contribution is -0.278. The summed E-state index contributed by atoms with van der Waals surface area (Å²) in [6, 6.07) is 5.50. The second kappa shape index (κ2) is 14.9. The Morgan fingerprint density at radius 1 is 1.14 bits per heavy atom. The summed E-state index contributed by atoms with van der Waals surface area (Å²) in [5.74, 6) is 0.0110. The summed E-state index contributed by atoms with van der Waals surface area (Å²) >= 11 is 0. The number of carbonyl (C=O) groups excluding carboxylic acids is 2. The average Bonchev–Trinajstić information content (AvgIpc) is 3.35. The second-order valence-electron chi connectivity index (χ2n) is 11.4. The van der Waals surface area contributed by atoms with Crippen molar-refractivity contribution in [2.45, 2.75) is 89.6 Å². The third-order valence-corrected chi connectivity index (χ3v) is 7.21. The van der Waals surface area contributed by atoms with Crippen molar-refractivity contribution in [3.63, 3.8) is 0 Å². The van der Waals surface area contributed by atoms with Gasteiger partial charge in [0.25, 0.3) is 0 Å². The number of aliphatic hydroxyl groups is 5. The number of rotatable bonds is 14. The Balaban J connectivity index is 1.65. The first-order chi connectivity index (χ1) is 20.3. The minimum Gasteiger partial charge on any atom is -0.493 e. The molecule has 3 rings (SSSR count). The average molecular weight is 609 g/mol. The normalized spacial score (nSPS) is 22.3. The lowest BCUT2D eigenvalue weighted by Gasteiger charge is -2.39. The summed E-state index contributed by atoms with van der Waals surface area (Å²) in [7, 11) is 0. The van der Waals surface area contributed by atoms with Crippen LogP contribution in [0.15, 0.2) is 18.2 Å². The molecule has 0 saturated carbocycles. The molecule has 1 saturated heterocycles. The molecule has 0 spiro atoms. The van der Waals surface area contributed by atoms with E-state index in [9.17, 15) is 30.0 Å². The van der Waals surface area contributed by atoms with E-state index in [1.807, 2.05) is 32.9 Å². The first-order valence-corrected chi connectivity index (χ1v) is 14.3. The number of hydrogen-bond acceptors (Lipinski definition) is 11. The quantitative estimate of drug-likeness (QED) is 0.135. The molecule has 2 heterocycles. The molecule has 1 aliphatic heterocycles. The number of H-pyrrole nitrogens is 1. The molecule has 1 aliphatic rings. The maximum Gasteiger partial charge on any atom is 0.245 e. The smallest absolute Gasteiger partial charge is 0.245 e. The number of aromatic amines is 1. The molecule has 2 aromatic rings. The molecule has 14 nitrogen and oxygen atoms in total. The number of nitrogens with zero attached hydrogens (tertiary/aromatic N) is 1. The Morgan fingerprint density at radius 3 is 2.49 bits per heavy atom. The molecule has 0 unspecified atom stereocenters. The molecule has 0 aliphatic carbocycles. The van der Waals surface area contributed by atoms with E-state index in [4.69, 9.17) is 19.3 Å². The lowest BCUT2D eigenvalue weighted by atomic mass is 9.96. The Labute approximate surface area is 250 Å². The molecule has 0 radical (unpaired) electrons. The molecule has 14 heteroatoms. The van der Waals surface area contributed by atoms with Gasteiger partial charge in [-0.2, -0.15) is 0 Å². The third kappa shape index (κ3) is 8.65. The van der Waals surface area contributed by atoms with Gasteiger partial charge in [-0.25, -0.2) is 0 Å². The van der Waals surface area contributed by atoms with Crippen LogP contribution >= 0.6 is 0 Å². The summed E-state index contributed by atoms with van der Waals surface area (Å²) in [5, 5.41) is 61.4. The van der Waals surface area contributed by atoms with Gasteiger partial charge in [0.05, 0.1) is 26.2 Å². The number of benzene rings is 1. The van der Waals surface area contributed by atoms with E-state index in [0.717, 1.165) is 16.8 Å². The van der Waals surface area contributed by atoms with Gasteiger partial charge in [-0.05, 0) is 49.9 Å². The molecule has 1 fully saturated rings. The molecule has 8 N–H and O–H groups in total. The SMILES string of the molecule is Cc1cc(OCCC(=O)NC(C)(C)C(=O)NCCO)ccc1Cc1c(O[C@@H]2O[C@H](CO)[C@@H](O)[C@H](O)[C@H]2O)n[nH]c1C(C)C. The van der Waals surface area contributed by atoms with Crippen LogP contribution in [0.5, 0.6) is 11.6 Å². The predicted molar refractivity (Wildman–Crippen MR) is 153 cm³/mol. The monoisotopic (exact) mass is 608 g/mol. The van der Waals surface area contributed by atoms with Crippen molar-refractivity contribution in [1.29, 1.82) is 0 Å². The van der Waals surface area contributed by atoms with E-state index in [2.05, 4.69) is 20.8 Å². The number of hydrogen-bond donors (Lipinski definition) is 8. The minimum absolute atomic E-state index is 0.0307. The van der Waals surface area contributed by atoms with Gasteiger partial charge in [0.2, 0.25) is 24.0 Å². The Bertz CT molecular complexity index is 1230. The van der Waals surface area contributed by atoms with Crippen LogP contribution in [0.3, 0.4) is 0 Å². The van der Waals surface area contributed by atoms with Crippen molar-refractivity contribution in [1.82, 2.24) is 20.8 Å². The van der Waals surface area contributed by atoms with E-state index in [0.29, 0.717) is 17.7 Å². The first-order valence-electron chi connectivity index (χ1n) is 14.3. The van der Waals surface area contributed by atoms with Crippen LogP contribution in [-0.2, 0) is 20.7 Å². The highest BCUT2D eigenvalue weighted by Crippen LogP contribution is 2.32. The highest BCUT2D eigenvalue weighted by molar-refractivity contribution is 5.90. The maximum absolute atomic E-state index is 12.4. The van der Waals surface area contributed by atoms with Crippen molar-refractivity contribution >= 4 is 11.8 Å². The molecule has 1 aromatic heterocycles. The number of nitrogens with one attached hydrogen (secondary N) is 3. The van der Waals surface area contributed by atoms with Gasteiger partial charge in [-0.15, -0.1) is 5.10 Å². The van der Waals surface area contributed by atoms with Crippen LogP contribution in [0.4, 0.5) is 0 Å². The van der Waals surface area contributed by atoms with Crippen molar-refractivity contribution in [3.8, 4) is 11.6 Å². The summed E-state index contributed by atoms with van der Waals surface area (Å²) in [6.45, 7) is 8.45. The van der Waals surface area contributed by atoms with Gasteiger partial charge in [-0.1, -0.05) is 19.9 Å². The molecular weight excluding hydrogens is 564 g/mol. The van der Waals surface area contributed by atoms with Gasteiger partial charge >= 0.3 is 0 Å². The highest BCUT2D eigenvalue weighted by atomic mass is 16.7. The standard InChI is InChI=1S/C29H44N4O10/c1-15(2)22-19(26(33-32-22)43-27-25(39)24(38)23(37)20(14-35)42-27)13-17-6-7-18(12-16(17)3)41-11-8-21(36)31-29(4,5)28(40)30-9-10-34/h6-7,12,15,20,23-25,27,34-35,37-39H,8-11,13-14H2,1-5H3,(H,30,40)(H,31,36)(H,32,33)/t20-,23-,24+,25-,27+/m1/s1. The van der Waals surface area contributed by atoms with E-state index in [1.54, 1.807) is 19.9 Å². The van der Waals surface area contributed by atoms with Crippen LogP contribution < -0.4 is 20.1 Å². The van der Waals surface area contributed by atoms with Gasteiger partial charge in [-0.3, -0.25) is 14.7 Å². The molecule has 5 atom stereocenters. The molecule has 240 valence electrons. The summed E-state index contributed by atoms with van der Waals surface area (Å²) in [6.07, 6.45) is -6.70. The fourth-order valence-corrected chi connectivity index (χ4v) is 4.65. The maximum atomic E-state index is 12.4. The summed E-state index contributed by atoms with van der Waals surface area (Å²) in [4.78, 5) is 24.5. The number of amides is 2. The third-order valence-electron chi connectivity index (χ3n) is 7.21. The highest BCUT2D eigenvalue weighted by Gasteiger charge is 2.45. The molecule has 0 bridgehead atoms. The van der Waals surface area contributed by atoms with Gasteiger partial charge < -0.3 is 50.4 Å². The molecule has 1 aromatic carbocycles. The van der Waals surface area contributed by atoms with Crippen LogP contribution in [0.25, 0.3) is 0 Å². The number of carbonyl (C=O) groups is 2. The zero-order valence-electron chi connectivity index (χ0n) is 25.2. The van der Waals surface area contributed by atoms with Gasteiger partial charge in [0.1, 0.15) is 35.7 Å². The van der Waals surface area contributed by atoms with Gasteiger partial charge in [0.15, 0.2) is 0 Å². The van der Waals surface area contributed by atoms with Crippen LogP contribution in [0.2, 0.25) is 0 Å². The molecule has 43 heavy (non-hydrogen) atoms. The zero-order valence-corrected chi connectivity index (χ0v) is 25.2. The van der Waals surface area contributed by atoms with Crippen molar-refractivity contribution < 1.29 is 49.3 Å². The lowest BCUT2D eigenvalue weighted by Crippen LogP contribution is -2.60. The Kier molecular flexibility index (Phi) is 11.9. The minimum atomic E-state index is -1.58. The van der Waals surface area contributed by atoms with Gasteiger partial charge in [0, 0.05) is 24.2 Å². The van der Waals surface area contributed by atoms with Crippen molar-refractivity contribution in [3.05, 3.63) is 40.6 Å². The van der Waals surface area contributed by atoms with Crippen LogP contribution in [0.1, 0.15) is 62.4 Å². The predicted octanol–water partition coefficient (Wildman–Crippen LogP) is -0.617. The number of aryl methyl sites for hydroxylation is 1. The number of aliphatic hydroxyl groups excluding tert-OH is 5.